The van der Waals surface area contributed by atoms with Crippen LogP contribution in [0.4, 0.5) is 10.1 Å². The van der Waals surface area contributed by atoms with Gasteiger partial charge in [-0.15, -0.1) is 0 Å². The summed E-state index contributed by atoms with van der Waals surface area (Å²) in [6.07, 6.45) is 0. The molecule has 4 nitrogen and oxygen atoms in total. The van der Waals surface area contributed by atoms with Crippen molar-refractivity contribution in [1.82, 2.24) is 4.98 Å². The first-order chi connectivity index (χ1) is 14.0. The molecule has 1 heterocycles. The molecule has 0 unspecified atom stereocenters. The number of ether oxygens (including phenoxy) is 1. The van der Waals surface area contributed by atoms with E-state index in [0.717, 1.165) is 17.4 Å². The summed E-state index contributed by atoms with van der Waals surface area (Å²) in [5.74, 6) is -0.301. The number of aromatic nitrogens is 1. The first kappa shape index (κ1) is 18.9. The number of amides is 1. The van der Waals surface area contributed by atoms with Crippen molar-refractivity contribution < 1.29 is 13.9 Å². The Morgan fingerprint density at radius 1 is 1.03 bits per heavy atom. The van der Waals surface area contributed by atoms with E-state index in [4.69, 9.17) is 16.3 Å². The Labute approximate surface area is 171 Å². The molecule has 1 amide bonds. The van der Waals surface area contributed by atoms with E-state index in [2.05, 4.69) is 10.3 Å². The molecule has 0 fully saturated rings. The minimum atomic E-state index is -0.598. The third-order valence-corrected chi connectivity index (χ3v) is 4.76. The molecule has 29 heavy (non-hydrogen) atoms. The van der Waals surface area contributed by atoms with Crippen molar-refractivity contribution in [3.8, 4) is 17.0 Å². The maximum absolute atomic E-state index is 14.1. The first-order valence-electron chi connectivity index (χ1n) is 8.86. The number of carbonyl (C=O) groups excluding carboxylic acids is 1. The molecule has 3 aromatic carbocycles. The number of methoxy groups -OCH3 is 1. The molecule has 0 saturated carbocycles. The highest BCUT2D eigenvalue weighted by Gasteiger charge is 2.16. The predicted octanol–water partition coefficient (Wildman–Crippen LogP) is 5.96. The number of pyridine rings is 1. The van der Waals surface area contributed by atoms with Crippen molar-refractivity contribution in [2.75, 3.05) is 12.4 Å². The van der Waals surface area contributed by atoms with E-state index in [1.54, 1.807) is 13.2 Å². The van der Waals surface area contributed by atoms with Crippen molar-refractivity contribution in [3.05, 3.63) is 89.2 Å². The number of rotatable bonds is 4. The standard InChI is InChI=1S/C23H16ClFN2O2/c1-29-16-9-6-14(7-10-16)22-13-18(17-4-2-3-5-20(17)26-22)23(28)27-21-11-8-15(24)12-19(21)25/h2-13H,1H3,(H,27,28). The second kappa shape index (κ2) is 7.89. The number of benzene rings is 3. The summed E-state index contributed by atoms with van der Waals surface area (Å²) in [5.41, 5.74) is 2.60. The summed E-state index contributed by atoms with van der Waals surface area (Å²) in [6.45, 7) is 0. The van der Waals surface area contributed by atoms with Crippen molar-refractivity contribution >= 4 is 34.1 Å². The van der Waals surface area contributed by atoms with Crippen LogP contribution in [-0.2, 0) is 0 Å². The molecule has 0 aliphatic carbocycles. The van der Waals surface area contributed by atoms with E-state index in [-0.39, 0.29) is 10.7 Å². The highest BCUT2D eigenvalue weighted by Crippen LogP contribution is 2.27. The molecule has 0 aliphatic rings. The average molecular weight is 407 g/mol. The molecule has 4 rings (SSSR count). The number of hydrogen-bond donors (Lipinski definition) is 1. The van der Waals surface area contributed by atoms with Crippen LogP contribution < -0.4 is 10.1 Å². The number of hydrogen-bond acceptors (Lipinski definition) is 3. The van der Waals surface area contributed by atoms with E-state index >= 15 is 0 Å². The van der Waals surface area contributed by atoms with Gasteiger partial charge < -0.3 is 10.1 Å². The van der Waals surface area contributed by atoms with E-state index in [1.807, 2.05) is 48.5 Å². The van der Waals surface area contributed by atoms with Gasteiger partial charge in [0.05, 0.1) is 29.6 Å². The van der Waals surface area contributed by atoms with Gasteiger partial charge in [0.15, 0.2) is 0 Å². The van der Waals surface area contributed by atoms with Gasteiger partial charge in [0.2, 0.25) is 0 Å². The lowest BCUT2D eigenvalue weighted by atomic mass is 10.0. The normalized spacial score (nSPS) is 10.7. The van der Waals surface area contributed by atoms with Gasteiger partial charge in [-0.1, -0.05) is 29.8 Å². The minimum Gasteiger partial charge on any atom is -0.497 e. The summed E-state index contributed by atoms with van der Waals surface area (Å²) < 4.78 is 19.3. The Morgan fingerprint density at radius 2 is 1.79 bits per heavy atom. The second-order valence-electron chi connectivity index (χ2n) is 6.38. The Morgan fingerprint density at radius 3 is 2.52 bits per heavy atom. The quantitative estimate of drug-likeness (QED) is 0.455. The predicted molar refractivity (Wildman–Crippen MR) is 113 cm³/mol. The van der Waals surface area contributed by atoms with Crippen LogP contribution in [0.3, 0.4) is 0 Å². The molecule has 0 atom stereocenters. The van der Waals surface area contributed by atoms with Crippen LogP contribution in [-0.4, -0.2) is 18.0 Å². The fourth-order valence-corrected chi connectivity index (χ4v) is 3.21. The van der Waals surface area contributed by atoms with Crippen LogP contribution in [0.15, 0.2) is 72.8 Å². The van der Waals surface area contributed by atoms with E-state index in [1.165, 1.54) is 12.1 Å². The molecular weight excluding hydrogens is 391 g/mol. The summed E-state index contributed by atoms with van der Waals surface area (Å²) in [5, 5.41) is 3.56. The number of nitrogens with one attached hydrogen (secondary N) is 1. The van der Waals surface area contributed by atoms with Crippen molar-refractivity contribution in [2.24, 2.45) is 0 Å². The van der Waals surface area contributed by atoms with Crippen molar-refractivity contribution in [1.29, 1.82) is 0 Å². The molecule has 1 aromatic heterocycles. The van der Waals surface area contributed by atoms with Crippen LogP contribution in [0.1, 0.15) is 10.4 Å². The molecule has 0 spiro atoms. The van der Waals surface area contributed by atoms with Crippen LogP contribution in [0.5, 0.6) is 5.75 Å². The van der Waals surface area contributed by atoms with Gasteiger partial charge in [0.1, 0.15) is 11.6 Å². The molecular formula is C23H16ClFN2O2. The first-order valence-corrected chi connectivity index (χ1v) is 9.23. The van der Waals surface area contributed by atoms with E-state index in [9.17, 15) is 9.18 Å². The molecule has 4 aromatic rings. The van der Waals surface area contributed by atoms with Gasteiger partial charge in [-0.2, -0.15) is 0 Å². The number of carbonyl (C=O) groups is 1. The van der Waals surface area contributed by atoms with Crippen LogP contribution in [0, 0.1) is 5.82 Å². The van der Waals surface area contributed by atoms with Gasteiger partial charge in [-0.3, -0.25) is 4.79 Å². The zero-order valence-corrected chi connectivity index (χ0v) is 16.2. The number of halogens is 2. The van der Waals surface area contributed by atoms with Gasteiger partial charge in [0, 0.05) is 16.0 Å². The SMILES string of the molecule is COc1ccc(-c2cc(C(=O)Nc3ccc(Cl)cc3F)c3ccccc3n2)cc1. The van der Waals surface area contributed by atoms with Gasteiger partial charge in [0.25, 0.3) is 5.91 Å². The lowest BCUT2D eigenvalue weighted by molar-refractivity contribution is 0.102. The summed E-state index contributed by atoms with van der Waals surface area (Å²) in [6, 6.07) is 20.5. The topological polar surface area (TPSA) is 51.2 Å². The molecule has 0 aliphatic heterocycles. The van der Waals surface area contributed by atoms with Crippen LogP contribution >= 0.6 is 11.6 Å². The molecule has 1 N–H and O–H groups in total. The van der Waals surface area contributed by atoms with Crippen LogP contribution in [0.2, 0.25) is 5.02 Å². The molecule has 6 heteroatoms. The van der Waals surface area contributed by atoms with E-state index < -0.39 is 11.7 Å². The Hall–Kier alpha value is -3.44. The van der Waals surface area contributed by atoms with Crippen LogP contribution in [0.25, 0.3) is 22.2 Å². The highest BCUT2D eigenvalue weighted by atomic mass is 35.5. The molecule has 0 bridgehead atoms. The minimum absolute atomic E-state index is 0.0614. The lowest BCUT2D eigenvalue weighted by Crippen LogP contribution is -2.14. The van der Waals surface area contributed by atoms with E-state index in [0.29, 0.717) is 22.2 Å². The molecule has 0 saturated heterocycles. The Bertz CT molecular complexity index is 1210. The molecule has 0 radical (unpaired) electrons. The maximum atomic E-state index is 14.1. The lowest BCUT2D eigenvalue weighted by Gasteiger charge is -2.11. The average Bonchev–Trinajstić information content (AvgIpc) is 2.75. The van der Waals surface area contributed by atoms with Gasteiger partial charge in [-0.05, 0) is 54.6 Å². The summed E-state index contributed by atoms with van der Waals surface area (Å²) in [4.78, 5) is 17.7. The van der Waals surface area contributed by atoms with Crippen molar-refractivity contribution in [3.63, 3.8) is 0 Å². The number of fused-ring (bicyclic) bond motifs is 1. The maximum Gasteiger partial charge on any atom is 0.256 e. The highest BCUT2D eigenvalue weighted by molar-refractivity contribution is 6.30. The third-order valence-electron chi connectivity index (χ3n) is 4.53. The van der Waals surface area contributed by atoms with Gasteiger partial charge in [-0.25, -0.2) is 9.37 Å². The zero-order chi connectivity index (χ0) is 20.4. The fourth-order valence-electron chi connectivity index (χ4n) is 3.05. The van der Waals surface area contributed by atoms with Gasteiger partial charge >= 0.3 is 0 Å². The number of nitrogens with zero attached hydrogens (tertiary/aromatic N) is 1. The zero-order valence-electron chi connectivity index (χ0n) is 15.4. The summed E-state index contributed by atoms with van der Waals surface area (Å²) >= 11 is 5.79. The largest absolute Gasteiger partial charge is 0.497 e. The van der Waals surface area contributed by atoms with Crippen molar-refractivity contribution in [2.45, 2.75) is 0 Å². The molecule has 144 valence electrons. The summed E-state index contributed by atoms with van der Waals surface area (Å²) in [7, 11) is 1.60. The monoisotopic (exact) mass is 406 g/mol. The number of anilines is 1. The Balaban J connectivity index is 1.78. The third kappa shape index (κ3) is 3.91. The second-order valence-corrected chi connectivity index (χ2v) is 6.82. The number of para-hydroxylation sites is 1. The smallest absolute Gasteiger partial charge is 0.256 e. The Kier molecular flexibility index (Phi) is 5.14. The fraction of sp³-hybridized carbons (Fsp3) is 0.0435.